The lowest BCUT2D eigenvalue weighted by Gasteiger charge is -2.17. The molecule has 0 saturated carbocycles. The van der Waals surface area contributed by atoms with Gasteiger partial charge < -0.3 is 9.47 Å². The predicted molar refractivity (Wildman–Crippen MR) is 96.3 cm³/mol. The number of carbonyl (C=O) groups is 1. The number of hydrazine groups is 2. The zero-order valence-corrected chi connectivity index (χ0v) is 16.2. The summed E-state index contributed by atoms with van der Waals surface area (Å²) in [5, 5.41) is 7.06. The molecule has 0 fully saturated rings. The van der Waals surface area contributed by atoms with Crippen LogP contribution >= 0.6 is 11.6 Å². The van der Waals surface area contributed by atoms with Gasteiger partial charge in [-0.2, -0.15) is 8.78 Å². The SMILES string of the molecule is COCCS(=O)(=O)Nc1c(OC(F)F)ccc(C(=O)NC2=NNNN2C)c1Cl. The van der Waals surface area contributed by atoms with Gasteiger partial charge in [0.25, 0.3) is 5.91 Å². The van der Waals surface area contributed by atoms with E-state index in [1.807, 2.05) is 4.72 Å². The number of halogens is 3. The Morgan fingerprint density at radius 3 is 2.71 bits per heavy atom. The molecule has 2 rings (SSSR count). The molecule has 156 valence electrons. The number of rotatable bonds is 8. The maximum Gasteiger partial charge on any atom is 0.387 e. The molecule has 4 N–H and O–H groups in total. The van der Waals surface area contributed by atoms with Gasteiger partial charge in [0.1, 0.15) is 5.69 Å². The fraction of sp³-hybridized carbons (Fsp3) is 0.385. The number of sulfonamides is 1. The molecule has 28 heavy (non-hydrogen) atoms. The Kier molecular flexibility index (Phi) is 7.17. The van der Waals surface area contributed by atoms with Crippen molar-refractivity contribution in [1.82, 2.24) is 21.4 Å². The number of hydrogen-bond acceptors (Lipinski definition) is 9. The van der Waals surface area contributed by atoms with Gasteiger partial charge in [0.2, 0.25) is 16.0 Å². The largest absolute Gasteiger partial charge is 0.433 e. The monoisotopic (exact) mass is 442 g/mol. The molecule has 1 amide bonds. The second kappa shape index (κ2) is 9.18. The Balaban J connectivity index is 2.36. The first-order valence-electron chi connectivity index (χ1n) is 7.54. The highest BCUT2D eigenvalue weighted by Crippen LogP contribution is 2.37. The van der Waals surface area contributed by atoms with Crippen molar-refractivity contribution < 1.29 is 31.5 Å². The topological polar surface area (TPSA) is 133 Å². The van der Waals surface area contributed by atoms with Gasteiger partial charge in [-0.3, -0.25) is 19.8 Å². The van der Waals surface area contributed by atoms with Crippen LogP contribution in [0.1, 0.15) is 10.4 Å². The van der Waals surface area contributed by atoms with Crippen LogP contribution in [-0.2, 0) is 14.8 Å². The third kappa shape index (κ3) is 5.54. The molecular weight excluding hydrogens is 426 g/mol. The van der Waals surface area contributed by atoms with Crippen molar-refractivity contribution in [3.8, 4) is 5.75 Å². The minimum absolute atomic E-state index is 0.0937. The van der Waals surface area contributed by atoms with Crippen molar-refractivity contribution in [3.63, 3.8) is 0 Å². The van der Waals surface area contributed by atoms with E-state index in [1.54, 1.807) is 7.05 Å². The Morgan fingerprint density at radius 1 is 1.43 bits per heavy atom. The van der Waals surface area contributed by atoms with E-state index in [1.165, 1.54) is 12.1 Å². The van der Waals surface area contributed by atoms with Crippen molar-refractivity contribution >= 4 is 39.2 Å². The Labute approximate surface area is 164 Å². The van der Waals surface area contributed by atoms with Crippen LogP contribution in [0.3, 0.4) is 0 Å². The number of amides is 1. The number of carbonyl (C=O) groups excluding carboxylic acids is 1. The van der Waals surface area contributed by atoms with Crippen LogP contribution in [0.5, 0.6) is 5.75 Å². The summed E-state index contributed by atoms with van der Waals surface area (Å²) in [4.78, 5) is 12.4. The lowest BCUT2D eigenvalue weighted by Crippen LogP contribution is -2.45. The summed E-state index contributed by atoms with van der Waals surface area (Å²) in [5.74, 6) is -1.68. The van der Waals surface area contributed by atoms with Crippen LogP contribution in [0, 0.1) is 0 Å². The fourth-order valence-electron chi connectivity index (χ4n) is 1.98. The maximum absolute atomic E-state index is 12.7. The molecule has 1 aromatic carbocycles. The van der Waals surface area contributed by atoms with Crippen LogP contribution in [0.4, 0.5) is 14.5 Å². The van der Waals surface area contributed by atoms with Gasteiger partial charge >= 0.3 is 6.61 Å². The number of hydrogen-bond donors (Lipinski definition) is 4. The van der Waals surface area contributed by atoms with E-state index in [2.05, 4.69) is 31.0 Å². The second-order valence-corrected chi connectivity index (χ2v) is 7.48. The normalized spacial score (nSPS) is 13.9. The average molecular weight is 443 g/mol. The van der Waals surface area contributed by atoms with Crippen molar-refractivity contribution in [2.45, 2.75) is 6.61 Å². The first-order valence-corrected chi connectivity index (χ1v) is 9.57. The standard InChI is InChI=1S/C13H17ClF2N6O5S/c1-22-13(18-20-21-22)17-11(23)7-3-4-8(27-12(15)16)10(9(7)14)19-28(24,25)6-5-26-2/h3-4,12,19-21H,5-6H2,1-2H3,(H,17,18,23). The number of alkyl halides is 2. The highest BCUT2D eigenvalue weighted by Gasteiger charge is 2.25. The van der Waals surface area contributed by atoms with E-state index < -0.39 is 44.8 Å². The maximum atomic E-state index is 12.7. The molecule has 0 radical (unpaired) electrons. The third-order valence-electron chi connectivity index (χ3n) is 3.30. The number of nitrogens with zero attached hydrogens (tertiary/aromatic N) is 2. The molecule has 1 aliphatic heterocycles. The van der Waals surface area contributed by atoms with Crippen molar-refractivity contribution in [2.24, 2.45) is 5.10 Å². The van der Waals surface area contributed by atoms with Gasteiger partial charge in [-0.25, -0.2) is 14.0 Å². The quantitative estimate of drug-likeness (QED) is 0.451. The van der Waals surface area contributed by atoms with Crippen LogP contribution in [0.2, 0.25) is 5.02 Å². The lowest BCUT2D eigenvalue weighted by molar-refractivity contribution is -0.0493. The number of hydrazone groups is 1. The summed E-state index contributed by atoms with van der Waals surface area (Å²) in [6, 6.07) is 2.11. The van der Waals surface area contributed by atoms with Crippen LogP contribution < -0.4 is 25.8 Å². The molecule has 11 nitrogen and oxygen atoms in total. The summed E-state index contributed by atoms with van der Waals surface area (Å²) < 4.78 is 60.6. The third-order valence-corrected chi connectivity index (χ3v) is 4.91. The van der Waals surface area contributed by atoms with E-state index in [-0.39, 0.29) is 18.1 Å². The fourth-order valence-corrected chi connectivity index (χ4v) is 3.33. The summed E-state index contributed by atoms with van der Waals surface area (Å²) in [7, 11) is -1.17. The molecule has 1 heterocycles. The molecule has 15 heteroatoms. The molecule has 0 aromatic heterocycles. The van der Waals surface area contributed by atoms with E-state index in [9.17, 15) is 22.0 Å². The molecule has 0 spiro atoms. The van der Waals surface area contributed by atoms with Gasteiger partial charge in [-0.05, 0) is 12.1 Å². The summed E-state index contributed by atoms with van der Waals surface area (Å²) in [6.07, 6.45) is 0. The number of benzene rings is 1. The minimum atomic E-state index is -4.02. The van der Waals surface area contributed by atoms with Gasteiger partial charge in [0.05, 0.1) is 22.9 Å². The second-order valence-electron chi connectivity index (χ2n) is 5.26. The highest BCUT2D eigenvalue weighted by molar-refractivity contribution is 7.92. The van der Waals surface area contributed by atoms with Crippen molar-refractivity contribution in [2.75, 3.05) is 31.2 Å². The first-order chi connectivity index (χ1) is 13.1. The Bertz CT molecular complexity index is 869. The van der Waals surface area contributed by atoms with E-state index >= 15 is 0 Å². The van der Waals surface area contributed by atoms with Crippen LogP contribution in [0.25, 0.3) is 0 Å². The highest BCUT2D eigenvalue weighted by atomic mass is 35.5. The number of guanidine groups is 1. The van der Waals surface area contributed by atoms with Gasteiger partial charge in [-0.1, -0.05) is 11.6 Å². The van der Waals surface area contributed by atoms with Crippen molar-refractivity contribution in [1.29, 1.82) is 0 Å². The van der Waals surface area contributed by atoms with Crippen LogP contribution in [-0.4, -0.2) is 58.4 Å². The minimum Gasteiger partial charge on any atom is -0.433 e. The van der Waals surface area contributed by atoms with Crippen molar-refractivity contribution in [3.05, 3.63) is 22.7 Å². The molecule has 1 aromatic rings. The Hall–Kier alpha value is -2.42. The summed E-state index contributed by atoms with van der Waals surface area (Å²) >= 11 is 6.13. The molecule has 1 aliphatic rings. The predicted octanol–water partition coefficient (Wildman–Crippen LogP) is 0.285. The Morgan fingerprint density at radius 2 is 2.14 bits per heavy atom. The van der Waals surface area contributed by atoms with Gasteiger partial charge in [-0.15, -0.1) is 10.6 Å². The molecule has 0 bridgehead atoms. The van der Waals surface area contributed by atoms with Gasteiger partial charge in [0.15, 0.2) is 5.75 Å². The number of ether oxygens (including phenoxy) is 2. The lowest BCUT2D eigenvalue weighted by atomic mass is 10.1. The molecule has 0 atom stereocenters. The average Bonchev–Trinajstić information content (AvgIpc) is 3.00. The van der Waals surface area contributed by atoms with Gasteiger partial charge in [0, 0.05) is 14.2 Å². The van der Waals surface area contributed by atoms with E-state index in [0.29, 0.717) is 0 Å². The smallest absolute Gasteiger partial charge is 0.387 e. The summed E-state index contributed by atoms with van der Waals surface area (Å²) in [5.41, 5.74) is 4.26. The summed E-state index contributed by atoms with van der Waals surface area (Å²) in [6.45, 7) is -3.39. The molecule has 0 saturated heterocycles. The number of methoxy groups -OCH3 is 1. The molecule has 0 unspecified atom stereocenters. The van der Waals surface area contributed by atoms with E-state index in [4.69, 9.17) is 11.6 Å². The molecular formula is C13H17ClF2N6O5S. The zero-order chi connectivity index (χ0) is 20.9. The zero-order valence-electron chi connectivity index (χ0n) is 14.6. The molecule has 0 aliphatic carbocycles. The van der Waals surface area contributed by atoms with Crippen LogP contribution in [0.15, 0.2) is 17.2 Å². The number of anilines is 1. The number of nitrogens with one attached hydrogen (secondary N) is 4. The van der Waals surface area contributed by atoms with E-state index in [0.717, 1.165) is 12.1 Å². The first kappa shape index (κ1) is 21.9.